The molecule has 0 spiro atoms. The van der Waals surface area contributed by atoms with Crippen molar-refractivity contribution in [3.05, 3.63) is 88.6 Å². The van der Waals surface area contributed by atoms with Gasteiger partial charge in [0.15, 0.2) is 0 Å². The molecule has 0 aromatic heterocycles. The maximum absolute atomic E-state index is 13.8. The number of sulfonamides is 1. The Morgan fingerprint density at radius 3 is 2.08 bits per heavy atom. The highest BCUT2D eigenvalue weighted by atomic mass is 79.9. The zero-order valence-corrected chi connectivity index (χ0v) is 24.5. The van der Waals surface area contributed by atoms with Crippen LogP contribution in [-0.2, 0) is 26.2 Å². The van der Waals surface area contributed by atoms with E-state index in [2.05, 4.69) is 21.2 Å². The zero-order valence-electron chi connectivity index (χ0n) is 22.1. The van der Waals surface area contributed by atoms with E-state index in [1.165, 1.54) is 48.4 Å². The Bertz CT molecular complexity index is 1380. The van der Waals surface area contributed by atoms with E-state index in [1.54, 1.807) is 6.92 Å². The molecular weight excluding hydrogens is 589 g/mol. The number of amides is 2. The number of carbonyl (C=O) groups is 2. The Morgan fingerprint density at radius 1 is 0.949 bits per heavy atom. The van der Waals surface area contributed by atoms with Crippen LogP contribution < -0.4 is 14.4 Å². The van der Waals surface area contributed by atoms with Gasteiger partial charge in [-0.15, -0.1) is 0 Å². The van der Waals surface area contributed by atoms with E-state index in [-0.39, 0.29) is 29.1 Å². The van der Waals surface area contributed by atoms with Gasteiger partial charge in [-0.1, -0.05) is 28.1 Å². The predicted octanol–water partition coefficient (Wildman–Crippen LogP) is 4.73. The molecule has 0 aliphatic rings. The largest absolute Gasteiger partial charge is 0.497 e. The van der Waals surface area contributed by atoms with Gasteiger partial charge in [0.2, 0.25) is 11.8 Å². The zero-order chi connectivity index (χ0) is 28.7. The molecule has 208 valence electrons. The van der Waals surface area contributed by atoms with Crippen LogP contribution in [0.15, 0.2) is 82.2 Å². The quantitative estimate of drug-likeness (QED) is 0.335. The molecule has 0 heterocycles. The fourth-order valence-corrected chi connectivity index (χ4v) is 5.46. The maximum atomic E-state index is 13.8. The van der Waals surface area contributed by atoms with Crippen LogP contribution in [0.2, 0.25) is 0 Å². The molecule has 1 atom stereocenters. The summed E-state index contributed by atoms with van der Waals surface area (Å²) in [6, 6.07) is 16.7. The first-order valence-corrected chi connectivity index (χ1v) is 14.4. The number of hydrogen-bond donors (Lipinski definition) is 1. The molecule has 0 saturated heterocycles. The van der Waals surface area contributed by atoms with Crippen molar-refractivity contribution >= 4 is 43.5 Å². The Hall–Kier alpha value is -3.44. The van der Waals surface area contributed by atoms with E-state index in [1.807, 2.05) is 38.1 Å². The molecule has 3 rings (SSSR count). The van der Waals surface area contributed by atoms with E-state index in [4.69, 9.17) is 4.74 Å². The lowest BCUT2D eigenvalue weighted by molar-refractivity contribution is -0.139. The summed E-state index contributed by atoms with van der Waals surface area (Å²) >= 11 is 3.38. The van der Waals surface area contributed by atoms with Gasteiger partial charge in [0.05, 0.1) is 17.7 Å². The Balaban J connectivity index is 2.02. The number of benzene rings is 3. The standard InChI is InChI=1S/C28H31BrFN3O5S/c1-19(2)31-28(35)20(3)32(17-21-5-7-22(29)8-6-21)27(34)18-33(24-11-9-23(30)10-12-24)39(36,37)26-15-13-25(38-4)14-16-26/h5-16,19-20H,17-18H2,1-4H3,(H,31,35)/t20-/m0/s1. The molecule has 0 saturated carbocycles. The lowest BCUT2D eigenvalue weighted by atomic mass is 10.1. The monoisotopic (exact) mass is 619 g/mol. The van der Waals surface area contributed by atoms with Gasteiger partial charge in [-0.25, -0.2) is 12.8 Å². The Labute approximate surface area is 236 Å². The van der Waals surface area contributed by atoms with Crippen LogP contribution >= 0.6 is 15.9 Å². The highest BCUT2D eigenvalue weighted by molar-refractivity contribution is 9.10. The molecule has 3 aromatic carbocycles. The summed E-state index contributed by atoms with van der Waals surface area (Å²) < 4.78 is 48.1. The van der Waals surface area contributed by atoms with Gasteiger partial charge in [-0.05, 0) is 87.0 Å². The van der Waals surface area contributed by atoms with Crippen molar-refractivity contribution in [2.45, 2.75) is 44.3 Å². The van der Waals surface area contributed by atoms with Gasteiger partial charge < -0.3 is 15.0 Å². The van der Waals surface area contributed by atoms with Gasteiger partial charge in [0.1, 0.15) is 24.2 Å². The van der Waals surface area contributed by atoms with Crippen LogP contribution in [0.1, 0.15) is 26.3 Å². The summed E-state index contributed by atoms with van der Waals surface area (Å²) in [5.74, 6) is -1.07. The van der Waals surface area contributed by atoms with Crippen molar-refractivity contribution in [2.24, 2.45) is 0 Å². The van der Waals surface area contributed by atoms with Crippen LogP contribution in [0.3, 0.4) is 0 Å². The average Bonchev–Trinajstić information content (AvgIpc) is 2.91. The van der Waals surface area contributed by atoms with Crippen LogP contribution in [0, 0.1) is 5.82 Å². The number of nitrogens with one attached hydrogen (secondary N) is 1. The summed E-state index contributed by atoms with van der Waals surface area (Å²) in [6.07, 6.45) is 0. The first kappa shape index (κ1) is 30.1. The predicted molar refractivity (Wildman–Crippen MR) is 151 cm³/mol. The number of ether oxygens (including phenoxy) is 1. The maximum Gasteiger partial charge on any atom is 0.264 e. The van der Waals surface area contributed by atoms with E-state index >= 15 is 0 Å². The smallest absolute Gasteiger partial charge is 0.264 e. The number of nitrogens with zero attached hydrogens (tertiary/aromatic N) is 2. The number of hydrogen-bond acceptors (Lipinski definition) is 5. The lowest BCUT2D eigenvalue weighted by Gasteiger charge is -2.32. The molecule has 0 fully saturated rings. The second-order valence-electron chi connectivity index (χ2n) is 9.15. The van der Waals surface area contributed by atoms with Gasteiger partial charge in [-0.2, -0.15) is 0 Å². The number of carbonyl (C=O) groups excluding carboxylic acids is 2. The molecular formula is C28H31BrFN3O5S. The fraction of sp³-hybridized carbons (Fsp3) is 0.286. The van der Waals surface area contributed by atoms with Crippen LogP contribution in [0.25, 0.3) is 0 Å². The van der Waals surface area contributed by atoms with Gasteiger partial charge in [-0.3, -0.25) is 13.9 Å². The second-order valence-corrected chi connectivity index (χ2v) is 11.9. The van der Waals surface area contributed by atoms with E-state index < -0.39 is 34.3 Å². The third kappa shape index (κ3) is 7.79. The molecule has 11 heteroatoms. The van der Waals surface area contributed by atoms with Crippen molar-refractivity contribution in [2.75, 3.05) is 18.0 Å². The fourth-order valence-electron chi connectivity index (χ4n) is 3.79. The van der Waals surface area contributed by atoms with Crippen LogP contribution in [0.5, 0.6) is 5.75 Å². The van der Waals surface area contributed by atoms with Crippen molar-refractivity contribution in [3.63, 3.8) is 0 Å². The molecule has 0 unspecified atom stereocenters. The molecule has 0 bridgehead atoms. The summed E-state index contributed by atoms with van der Waals surface area (Å²) in [5, 5.41) is 2.81. The summed E-state index contributed by atoms with van der Waals surface area (Å²) in [6.45, 7) is 4.66. The molecule has 0 aliphatic carbocycles. The van der Waals surface area contributed by atoms with Gasteiger partial charge >= 0.3 is 0 Å². The minimum Gasteiger partial charge on any atom is -0.497 e. The Morgan fingerprint density at radius 2 is 1.54 bits per heavy atom. The molecule has 1 N–H and O–H groups in total. The summed E-state index contributed by atoms with van der Waals surface area (Å²) in [7, 11) is -2.80. The van der Waals surface area contributed by atoms with Gasteiger partial charge in [0, 0.05) is 17.1 Å². The second kappa shape index (κ2) is 13.1. The molecule has 39 heavy (non-hydrogen) atoms. The first-order chi connectivity index (χ1) is 18.4. The highest BCUT2D eigenvalue weighted by Gasteiger charge is 2.32. The number of halogens is 2. The minimum atomic E-state index is -4.26. The van der Waals surface area contributed by atoms with Crippen LogP contribution in [0.4, 0.5) is 10.1 Å². The van der Waals surface area contributed by atoms with Crippen molar-refractivity contribution in [1.29, 1.82) is 0 Å². The minimum absolute atomic E-state index is 0.0681. The third-order valence-corrected chi connectivity index (χ3v) is 8.22. The molecule has 3 aromatic rings. The number of methoxy groups -OCH3 is 1. The number of rotatable bonds is 11. The van der Waals surface area contributed by atoms with E-state index in [0.717, 1.165) is 26.5 Å². The molecule has 0 radical (unpaired) electrons. The van der Waals surface area contributed by atoms with Crippen molar-refractivity contribution in [3.8, 4) is 5.75 Å². The normalized spacial score (nSPS) is 12.1. The van der Waals surface area contributed by atoms with E-state index in [9.17, 15) is 22.4 Å². The third-order valence-electron chi connectivity index (χ3n) is 5.91. The van der Waals surface area contributed by atoms with Crippen LogP contribution in [-0.4, -0.2) is 50.9 Å². The Kier molecular flexibility index (Phi) is 10.1. The molecule has 2 amide bonds. The summed E-state index contributed by atoms with van der Waals surface area (Å²) in [5.41, 5.74) is 0.852. The topological polar surface area (TPSA) is 96.0 Å². The van der Waals surface area contributed by atoms with Gasteiger partial charge in [0.25, 0.3) is 10.0 Å². The first-order valence-electron chi connectivity index (χ1n) is 12.2. The van der Waals surface area contributed by atoms with Crippen molar-refractivity contribution < 1.29 is 27.1 Å². The highest BCUT2D eigenvalue weighted by Crippen LogP contribution is 2.26. The SMILES string of the molecule is COc1ccc(S(=O)(=O)N(CC(=O)N(Cc2ccc(Br)cc2)[C@@H](C)C(=O)NC(C)C)c2ccc(F)cc2)cc1. The average molecular weight is 621 g/mol. The summed E-state index contributed by atoms with van der Waals surface area (Å²) in [4.78, 5) is 28.0. The van der Waals surface area contributed by atoms with E-state index in [0.29, 0.717) is 5.75 Å². The molecule has 8 nitrogen and oxygen atoms in total. The lowest BCUT2D eigenvalue weighted by Crippen LogP contribution is -2.52. The van der Waals surface area contributed by atoms with Crippen molar-refractivity contribution in [1.82, 2.24) is 10.2 Å². The number of anilines is 1. The molecule has 0 aliphatic heterocycles.